The van der Waals surface area contributed by atoms with Gasteiger partial charge in [0.2, 0.25) is 10.0 Å². The summed E-state index contributed by atoms with van der Waals surface area (Å²) in [6.07, 6.45) is 3.41. The van der Waals surface area contributed by atoms with Crippen LogP contribution >= 0.6 is 0 Å². The lowest BCUT2D eigenvalue weighted by Gasteiger charge is -2.17. The Bertz CT molecular complexity index is 526. The molecule has 112 valence electrons. The molecule has 0 saturated carbocycles. The Balaban J connectivity index is 2.83. The highest BCUT2D eigenvalue weighted by Gasteiger charge is 2.20. The van der Waals surface area contributed by atoms with Gasteiger partial charge in [0.05, 0.1) is 4.90 Å². The molecule has 0 amide bonds. The van der Waals surface area contributed by atoms with Crippen molar-refractivity contribution >= 4 is 10.0 Å². The van der Waals surface area contributed by atoms with Crippen LogP contribution in [0, 0.1) is 0 Å². The SMILES string of the molecule is C=CCCCN(C)S(=O)(=O)c1cccc(CNCC)c1. The lowest BCUT2D eigenvalue weighted by Crippen LogP contribution is -2.28. The third-order valence-electron chi connectivity index (χ3n) is 3.07. The second-order valence-electron chi connectivity index (χ2n) is 4.69. The molecule has 20 heavy (non-hydrogen) atoms. The Morgan fingerprint density at radius 3 is 2.80 bits per heavy atom. The molecule has 1 rings (SSSR count). The highest BCUT2D eigenvalue weighted by atomic mass is 32.2. The summed E-state index contributed by atoms with van der Waals surface area (Å²) in [5, 5.41) is 3.19. The molecule has 0 radical (unpaired) electrons. The molecule has 0 aromatic heterocycles. The van der Waals surface area contributed by atoms with Crippen molar-refractivity contribution in [1.29, 1.82) is 0 Å². The van der Waals surface area contributed by atoms with Crippen molar-refractivity contribution in [2.24, 2.45) is 0 Å². The number of sulfonamides is 1. The zero-order valence-electron chi connectivity index (χ0n) is 12.3. The molecule has 1 aromatic carbocycles. The highest BCUT2D eigenvalue weighted by Crippen LogP contribution is 2.16. The molecule has 0 aliphatic rings. The maximum atomic E-state index is 12.4. The second-order valence-corrected chi connectivity index (χ2v) is 6.73. The summed E-state index contributed by atoms with van der Waals surface area (Å²) in [5.74, 6) is 0. The van der Waals surface area contributed by atoms with Gasteiger partial charge in [-0.05, 0) is 37.1 Å². The summed E-state index contributed by atoms with van der Waals surface area (Å²) < 4.78 is 26.3. The van der Waals surface area contributed by atoms with Crippen molar-refractivity contribution in [3.05, 3.63) is 42.5 Å². The summed E-state index contributed by atoms with van der Waals surface area (Å²) in [6.45, 7) is 7.71. The number of hydrogen-bond donors (Lipinski definition) is 1. The normalized spacial score (nSPS) is 11.8. The van der Waals surface area contributed by atoms with Gasteiger partial charge in [-0.2, -0.15) is 0 Å². The van der Waals surface area contributed by atoms with E-state index in [1.54, 1.807) is 31.3 Å². The number of allylic oxidation sites excluding steroid dienone is 1. The van der Waals surface area contributed by atoms with E-state index in [1.165, 1.54) is 4.31 Å². The fourth-order valence-corrected chi connectivity index (χ4v) is 3.12. The van der Waals surface area contributed by atoms with Gasteiger partial charge in [-0.25, -0.2) is 12.7 Å². The van der Waals surface area contributed by atoms with Crippen LogP contribution in [0.1, 0.15) is 25.3 Å². The van der Waals surface area contributed by atoms with Gasteiger partial charge in [-0.1, -0.05) is 25.1 Å². The quantitative estimate of drug-likeness (QED) is 0.562. The van der Waals surface area contributed by atoms with Crippen LogP contribution in [-0.2, 0) is 16.6 Å². The number of rotatable bonds is 9. The fourth-order valence-electron chi connectivity index (χ4n) is 1.84. The van der Waals surface area contributed by atoms with Crippen LogP contribution in [-0.4, -0.2) is 32.9 Å². The molecule has 0 aliphatic heterocycles. The summed E-state index contributed by atoms with van der Waals surface area (Å²) in [6, 6.07) is 7.10. The van der Waals surface area contributed by atoms with Crippen LogP contribution in [0.4, 0.5) is 0 Å². The molecule has 4 nitrogen and oxygen atoms in total. The molecule has 1 N–H and O–H groups in total. The predicted molar refractivity (Wildman–Crippen MR) is 83.1 cm³/mol. The Labute approximate surface area is 122 Å². The van der Waals surface area contributed by atoms with E-state index in [0.29, 0.717) is 18.0 Å². The average molecular weight is 296 g/mol. The molecule has 0 saturated heterocycles. The van der Waals surface area contributed by atoms with Crippen molar-refractivity contribution in [1.82, 2.24) is 9.62 Å². The zero-order chi connectivity index (χ0) is 15.0. The van der Waals surface area contributed by atoms with E-state index in [-0.39, 0.29) is 0 Å². The molecule has 0 atom stereocenters. The van der Waals surface area contributed by atoms with Crippen LogP contribution in [0.2, 0.25) is 0 Å². The van der Waals surface area contributed by atoms with Gasteiger partial charge in [0.15, 0.2) is 0 Å². The summed E-state index contributed by atoms with van der Waals surface area (Å²) in [5.41, 5.74) is 0.979. The molecule has 1 aromatic rings. The van der Waals surface area contributed by atoms with Crippen LogP contribution in [0.3, 0.4) is 0 Å². The first-order valence-corrected chi connectivity index (χ1v) is 8.33. The Hall–Kier alpha value is -1.17. The van der Waals surface area contributed by atoms with Crippen LogP contribution in [0.25, 0.3) is 0 Å². The predicted octanol–water partition coefficient (Wildman–Crippen LogP) is 2.38. The number of hydrogen-bond acceptors (Lipinski definition) is 3. The van der Waals surface area contributed by atoms with Crippen molar-refractivity contribution in [3.63, 3.8) is 0 Å². The van der Waals surface area contributed by atoms with E-state index in [1.807, 2.05) is 13.0 Å². The van der Waals surface area contributed by atoms with Gasteiger partial charge in [0.25, 0.3) is 0 Å². The molecule has 0 fully saturated rings. The van der Waals surface area contributed by atoms with Gasteiger partial charge >= 0.3 is 0 Å². The number of benzene rings is 1. The minimum Gasteiger partial charge on any atom is -0.313 e. The largest absolute Gasteiger partial charge is 0.313 e. The highest BCUT2D eigenvalue weighted by molar-refractivity contribution is 7.89. The molecule has 5 heteroatoms. The van der Waals surface area contributed by atoms with Gasteiger partial charge in [0.1, 0.15) is 0 Å². The first kappa shape index (κ1) is 16.9. The van der Waals surface area contributed by atoms with E-state index in [2.05, 4.69) is 11.9 Å². The van der Waals surface area contributed by atoms with Crippen molar-refractivity contribution in [3.8, 4) is 0 Å². The number of nitrogens with zero attached hydrogens (tertiary/aromatic N) is 1. The first-order chi connectivity index (χ1) is 9.52. The Morgan fingerprint density at radius 2 is 2.15 bits per heavy atom. The van der Waals surface area contributed by atoms with Gasteiger partial charge < -0.3 is 5.32 Å². The van der Waals surface area contributed by atoms with Crippen molar-refractivity contribution in [2.75, 3.05) is 20.1 Å². The summed E-state index contributed by atoms with van der Waals surface area (Å²) in [4.78, 5) is 0.356. The maximum Gasteiger partial charge on any atom is 0.242 e. The maximum absolute atomic E-state index is 12.4. The zero-order valence-corrected chi connectivity index (χ0v) is 13.1. The van der Waals surface area contributed by atoms with E-state index >= 15 is 0 Å². The summed E-state index contributed by atoms with van der Waals surface area (Å²) in [7, 11) is -1.78. The molecule has 0 aliphatic carbocycles. The molecule has 0 bridgehead atoms. The third-order valence-corrected chi connectivity index (χ3v) is 4.92. The third kappa shape index (κ3) is 4.74. The number of unbranched alkanes of at least 4 members (excludes halogenated alkanes) is 1. The second kappa shape index (κ2) is 8.19. The topological polar surface area (TPSA) is 49.4 Å². The molecule has 0 spiro atoms. The van der Waals surface area contributed by atoms with Crippen molar-refractivity contribution < 1.29 is 8.42 Å². The summed E-state index contributed by atoms with van der Waals surface area (Å²) >= 11 is 0. The van der Waals surface area contributed by atoms with Gasteiger partial charge in [-0.3, -0.25) is 0 Å². The Morgan fingerprint density at radius 1 is 1.40 bits per heavy atom. The van der Waals surface area contributed by atoms with Crippen LogP contribution in [0.5, 0.6) is 0 Å². The molecular weight excluding hydrogens is 272 g/mol. The van der Waals surface area contributed by atoms with E-state index < -0.39 is 10.0 Å². The standard InChI is InChI=1S/C15H24N2O2S/c1-4-6-7-11-17(3)20(18,19)15-10-8-9-14(12-15)13-16-5-2/h4,8-10,12,16H,1,5-7,11,13H2,2-3H3. The van der Waals surface area contributed by atoms with Crippen molar-refractivity contribution in [2.45, 2.75) is 31.2 Å². The first-order valence-electron chi connectivity index (χ1n) is 6.89. The van der Waals surface area contributed by atoms with Gasteiger partial charge in [-0.15, -0.1) is 6.58 Å². The number of nitrogens with one attached hydrogen (secondary N) is 1. The van der Waals surface area contributed by atoms with Gasteiger partial charge in [0, 0.05) is 20.1 Å². The smallest absolute Gasteiger partial charge is 0.242 e. The fraction of sp³-hybridized carbons (Fsp3) is 0.467. The minimum atomic E-state index is -3.40. The average Bonchev–Trinajstić information content (AvgIpc) is 2.45. The molecule has 0 unspecified atom stereocenters. The van der Waals surface area contributed by atoms with Crippen LogP contribution in [0.15, 0.2) is 41.8 Å². The van der Waals surface area contributed by atoms with E-state index in [9.17, 15) is 8.42 Å². The molecular formula is C15H24N2O2S. The molecule has 0 heterocycles. The van der Waals surface area contributed by atoms with E-state index in [0.717, 1.165) is 24.9 Å². The lowest BCUT2D eigenvalue weighted by atomic mass is 10.2. The van der Waals surface area contributed by atoms with E-state index in [4.69, 9.17) is 0 Å². The lowest BCUT2D eigenvalue weighted by molar-refractivity contribution is 0.462. The van der Waals surface area contributed by atoms with Crippen LogP contribution < -0.4 is 5.32 Å². The monoisotopic (exact) mass is 296 g/mol. The minimum absolute atomic E-state index is 0.356. The Kier molecular flexibility index (Phi) is 6.91.